The van der Waals surface area contributed by atoms with Crippen molar-refractivity contribution in [3.05, 3.63) is 0 Å². The largest absolute Gasteiger partial charge is 0.388 e. The van der Waals surface area contributed by atoms with Crippen molar-refractivity contribution in [2.24, 2.45) is 4.99 Å². The van der Waals surface area contributed by atoms with Crippen LogP contribution >= 0.6 is 24.0 Å². The minimum absolute atomic E-state index is 0. The Labute approximate surface area is 176 Å². The van der Waals surface area contributed by atoms with Crippen molar-refractivity contribution >= 4 is 29.9 Å². The van der Waals surface area contributed by atoms with Gasteiger partial charge in [-0.25, -0.2) is 0 Å². The van der Waals surface area contributed by atoms with E-state index in [4.69, 9.17) is 9.47 Å². The number of nitrogens with zero attached hydrogens (tertiary/aromatic N) is 1. The zero-order chi connectivity index (χ0) is 18.4. The molecule has 26 heavy (non-hydrogen) atoms. The van der Waals surface area contributed by atoms with Gasteiger partial charge in [-0.2, -0.15) is 0 Å². The Kier molecular flexibility index (Phi) is 15.8. The predicted octanol–water partition coefficient (Wildman–Crippen LogP) is 3.08. The molecule has 0 amide bonds. The number of ether oxygens (including phenoxy) is 2. The molecular formula is C19H40IN3O3. The molecule has 1 saturated heterocycles. The number of halogens is 1. The average molecular weight is 485 g/mol. The molecule has 0 saturated carbocycles. The monoisotopic (exact) mass is 485 g/mol. The number of aliphatic hydroxyl groups is 1. The fourth-order valence-electron chi connectivity index (χ4n) is 3.15. The molecule has 0 aromatic carbocycles. The smallest absolute Gasteiger partial charge is 0.191 e. The lowest BCUT2D eigenvalue weighted by Crippen LogP contribution is -2.40. The molecule has 6 nitrogen and oxygen atoms in total. The van der Waals surface area contributed by atoms with Gasteiger partial charge >= 0.3 is 0 Å². The van der Waals surface area contributed by atoms with E-state index in [1.807, 2.05) is 0 Å². The van der Waals surface area contributed by atoms with Crippen molar-refractivity contribution < 1.29 is 14.6 Å². The Hall–Kier alpha value is -0.120. The molecule has 0 atom stereocenters. The summed E-state index contributed by atoms with van der Waals surface area (Å²) in [5.41, 5.74) is -0.683. The SMILES string of the molecule is CCCC(O)(CCC)CN=C(NCC)NCCCOC1CCOCC1.I. The van der Waals surface area contributed by atoms with Crippen molar-refractivity contribution in [1.82, 2.24) is 10.6 Å². The number of guanidine groups is 1. The zero-order valence-electron chi connectivity index (χ0n) is 16.9. The van der Waals surface area contributed by atoms with Crippen LogP contribution in [0.4, 0.5) is 0 Å². The third kappa shape index (κ3) is 11.6. The fourth-order valence-corrected chi connectivity index (χ4v) is 3.15. The van der Waals surface area contributed by atoms with Gasteiger partial charge in [-0.15, -0.1) is 24.0 Å². The van der Waals surface area contributed by atoms with Crippen molar-refractivity contribution in [3.8, 4) is 0 Å². The van der Waals surface area contributed by atoms with Gasteiger partial charge in [0.05, 0.1) is 18.2 Å². The minimum atomic E-state index is -0.683. The summed E-state index contributed by atoms with van der Waals surface area (Å²) in [6, 6.07) is 0. The van der Waals surface area contributed by atoms with E-state index in [1.54, 1.807) is 0 Å². The van der Waals surface area contributed by atoms with Gasteiger partial charge in [0.15, 0.2) is 5.96 Å². The third-order valence-electron chi connectivity index (χ3n) is 4.44. The molecule has 1 rings (SSSR count). The van der Waals surface area contributed by atoms with Gasteiger partial charge < -0.3 is 25.2 Å². The third-order valence-corrected chi connectivity index (χ3v) is 4.44. The maximum Gasteiger partial charge on any atom is 0.191 e. The highest BCUT2D eigenvalue weighted by molar-refractivity contribution is 14.0. The van der Waals surface area contributed by atoms with Crippen LogP contribution in [0, 0.1) is 0 Å². The molecule has 0 bridgehead atoms. The lowest BCUT2D eigenvalue weighted by Gasteiger charge is -2.26. The normalized spacial score (nSPS) is 16.2. The number of aliphatic imine (C=N–C) groups is 1. The quantitative estimate of drug-likeness (QED) is 0.172. The summed E-state index contributed by atoms with van der Waals surface area (Å²) in [6.07, 6.45) is 6.84. The van der Waals surface area contributed by atoms with Gasteiger partial charge in [0, 0.05) is 32.9 Å². The summed E-state index contributed by atoms with van der Waals surface area (Å²) in [5.74, 6) is 0.777. The summed E-state index contributed by atoms with van der Waals surface area (Å²) in [4.78, 5) is 4.60. The summed E-state index contributed by atoms with van der Waals surface area (Å²) in [6.45, 7) is 10.7. The Balaban J connectivity index is 0.00000625. The van der Waals surface area contributed by atoms with Crippen LogP contribution in [-0.2, 0) is 9.47 Å². The van der Waals surface area contributed by atoms with Crippen LogP contribution < -0.4 is 10.6 Å². The molecule has 1 aliphatic heterocycles. The van der Waals surface area contributed by atoms with Gasteiger partial charge in [-0.3, -0.25) is 4.99 Å². The van der Waals surface area contributed by atoms with Gasteiger partial charge in [0.25, 0.3) is 0 Å². The van der Waals surface area contributed by atoms with Crippen molar-refractivity contribution in [2.45, 2.75) is 77.4 Å². The lowest BCUT2D eigenvalue weighted by molar-refractivity contribution is -0.0320. The molecule has 156 valence electrons. The molecule has 7 heteroatoms. The molecule has 0 aliphatic carbocycles. The first-order chi connectivity index (χ1) is 12.1. The second-order valence-corrected chi connectivity index (χ2v) is 6.88. The van der Waals surface area contributed by atoms with Gasteiger partial charge in [0.2, 0.25) is 0 Å². The summed E-state index contributed by atoms with van der Waals surface area (Å²) in [7, 11) is 0. The topological polar surface area (TPSA) is 75.1 Å². The Morgan fingerprint density at radius 2 is 1.81 bits per heavy atom. The molecule has 0 aromatic rings. The predicted molar refractivity (Wildman–Crippen MR) is 119 cm³/mol. The second kappa shape index (κ2) is 15.9. The molecule has 0 spiro atoms. The zero-order valence-corrected chi connectivity index (χ0v) is 19.2. The molecule has 0 unspecified atom stereocenters. The van der Waals surface area contributed by atoms with Crippen LogP contribution in [0.5, 0.6) is 0 Å². The summed E-state index contributed by atoms with van der Waals surface area (Å²) < 4.78 is 11.2. The minimum Gasteiger partial charge on any atom is -0.388 e. The number of hydrogen-bond donors (Lipinski definition) is 3. The van der Waals surface area contributed by atoms with E-state index >= 15 is 0 Å². The van der Waals surface area contributed by atoms with Crippen molar-refractivity contribution in [3.63, 3.8) is 0 Å². The molecule has 0 aromatic heterocycles. The molecule has 1 fully saturated rings. The van der Waals surface area contributed by atoms with E-state index in [1.165, 1.54) is 0 Å². The maximum absolute atomic E-state index is 10.7. The maximum atomic E-state index is 10.7. The highest BCUT2D eigenvalue weighted by atomic mass is 127. The average Bonchev–Trinajstić information content (AvgIpc) is 2.61. The lowest BCUT2D eigenvalue weighted by atomic mass is 9.93. The van der Waals surface area contributed by atoms with E-state index in [0.29, 0.717) is 12.6 Å². The Morgan fingerprint density at radius 1 is 1.15 bits per heavy atom. The van der Waals surface area contributed by atoms with Crippen molar-refractivity contribution in [1.29, 1.82) is 0 Å². The first kappa shape index (κ1) is 25.9. The fraction of sp³-hybridized carbons (Fsp3) is 0.947. The Morgan fingerprint density at radius 3 is 2.38 bits per heavy atom. The van der Waals surface area contributed by atoms with Crippen LogP contribution in [-0.4, -0.2) is 62.2 Å². The molecular weight excluding hydrogens is 445 g/mol. The number of rotatable bonds is 12. The van der Waals surface area contributed by atoms with Crippen LogP contribution in [0.15, 0.2) is 4.99 Å². The van der Waals surface area contributed by atoms with Crippen LogP contribution in [0.25, 0.3) is 0 Å². The van der Waals surface area contributed by atoms with Crippen LogP contribution in [0.1, 0.15) is 65.7 Å². The van der Waals surface area contributed by atoms with E-state index in [0.717, 1.165) is 83.8 Å². The van der Waals surface area contributed by atoms with Gasteiger partial charge in [-0.05, 0) is 39.0 Å². The first-order valence-corrected chi connectivity index (χ1v) is 10.1. The van der Waals surface area contributed by atoms with Crippen LogP contribution in [0.2, 0.25) is 0 Å². The van der Waals surface area contributed by atoms with E-state index in [2.05, 4.69) is 36.4 Å². The van der Waals surface area contributed by atoms with Crippen molar-refractivity contribution in [2.75, 3.05) is 39.5 Å². The standard InChI is InChI=1S/C19H39N3O3.HI/c1-4-10-19(23,11-5-2)16-22-18(20-6-3)21-12-7-13-25-17-8-14-24-15-9-17;/h17,23H,4-16H2,1-3H3,(H2,20,21,22);1H. The van der Waals surface area contributed by atoms with E-state index in [9.17, 15) is 5.11 Å². The molecule has 3 N–H and O–H groups in total. The first-order valence-electron chi connectivity index (χ1n) is 10.1. The second-order valence-electron chi connectivity index (χ2n) is 6.88. The highest BCUT2D eigenvalue weighted by Gasteiger charge is 2.24. The number of hydrogen-bond acceptors (Lipinski definition) is 4. The van der Waals surface area contributed by atoms with E-state index in [-0.39, 0.29) is 24.0 Å². The molecule has 1 heterocycles. The van der Waals surface area contributed by atoms with Gasteiger partial charge in [0.1, 0.15) is 0 Å². The molecule has 0 radical (unpaired) electrons. The highest BCUT2D eigenvalue weighted by Crippen LogP contribution is 2.19. The summed E-state index contributed by atoms with van der Waals surface area (Å²) in [5, 5.41) is 17.3. The molecule has 1 aliphatic rings. The number of nitrogens with one attached hydrogen (secondary N) is 2. The summed E-state index contributed by atoms with van der Waals surface area (Å²) >= 11 is 0. The van der Waals surface area contributed by atoms with Crippen LogP contribution in [0.3, 0.4) is 0 Å². The van der Waals surface area contributed by atoms with Gasteiger partial charge in [-0.1, -0.05) is 26.7 Å². The Bertz CT molecular complexity index is 358. The van der Waals surface area contributed by atoms with E-state index < -0.39 is 5.60 Å².